The summed E-state index contributed by atoms with van der Waals surface area (Å²) in [6, 6.07) is 0. The highest BCUT2D eigenvalue weighted by Gasteiger charge is 1.87. The molecule has 68 valence electrons. The third kappa shape index (κ3) is 3.44. The predicted octanol–water partition coefficient (Wildman–Crippen LogP) is 2.13. The summed E-state index contributed by atoms with van der Waals surface area (Å²) in [7, 11) is 1.87. The Morgan fingerprint density at radius 3 is 3.23 bits per heavy atom. The standard InChI is InChI=1S/C8H11N5/c1-13-7-8(6-11-13)4-2-3-5-10-12-9/h2,4,6-7H,3,5H2,1H3. The molecule has 1 aromatic heterocycles. The van der Waals surface area contributed by atoms with Gasteiger partial charge in [0.1, 0.15) is 0 Å². The number of aryl methyl sites for hydroxylation is 1. The first-order valence-electron chi connectivity index (χ1n) is 3.99. The fraction of sp³-hybridized carbons (Fsp3) is 0.375. The van der Waals surface area contributed by atoms with Crippen LogP contribution in [-0.2, 0) is 7.05 Å². The van der Waals surface area contributed by atoms with E-state index in [2.05, 4.69) is 15.1 Å². The van der Waals surface area contributed by atoms with Gasteiger partial charge in [0.25, 0.3) is 0 Å². The van der Waals surface area contributed by atoms with E-state index in [4.69, 9.17) is 5.53 Å². The lowest BCUT2D eigenvalue weighted by molar-refractivity contribution is 0.767. The summed E-state index contributed by atoms with van der Waals surface area (Å²) < 4.78 is 1.74. The first-order valence-corrected chi connectivity index (χ1v) is 3.99. The molecule has 1 heterocycles. The Hall–Kier alpha value is -1.74. The summed E-state index contributed by atoms with van der Waals surface area (Å²) >= 11 is 0. The maximum absolute atomic E-state index is 8.01. The Kier molecular flexibility index (Phi) is 3.60. The van der Waals surface area contributed by atoms with Crippen LogP contribution >= 0.6 is 0 Å². The number of nitrogens with zero attached hydrogens (tertiary/aromatic N) is 5. The highest BCUT2D eigenvalue weighted by atomic mass is 15.2. The van der Waals surface area contributed by atoms with Crippen molar-refractivity contribution in [2.45, 2.75) is 6.42 Å². The number of aromatic nitrogens is 2. The molecule has 1 rings (SSSR count). The maximum atomic E-state index is 8.01. The lowest BCUT2D eigenvalue weighted by atomic mass is 10.3. The monoisotopic (exact) mass is 177 g/mol. The van der Waals surface area contributed by atoms with Crippen molar-refractivity contribution in [3.05, 3.63) is 34.5 Å². The van der Waals surface area contributed by atoms with Crippen molar-refractivity contribution < 1.29 is 0 Å². The summed E-state index contributed by atoms with van der Waals surface area (Å²) in [5.74, 6) is 0. The molecule has 0 bridgehead atoms. The van der Waals surface area contributed by atoms with Gasteiger partial charge in [-0.2, -0.15) is 5.10 Å². The molecule has 0 radical (unpaired) electrons. The molecular weight excluding hydrogens is 166 g/mol. The van der Waals surface area contributed by atoms with E-state index >= 15 is 0 Å². The van der Waals surface area contributed by atoms with Gasteiger partial charge in [-0.1, -0.05) is 17.3 Å². The molecule has 0 amide bonds. The van der Waals surface area contributed by atoms with E-state index in [0.29, 0.717) is 6.54 Å². The van der Waals surface area contributed by atoms with Crippen molar-refractivity contribution in [3.8, 4) is 0 Å². The molecular formula is C8H11N5. The second-order valence-electron chi connectivity index (χ2n) is 2.59. The summed E-state index contributed by atoms with van der Waals surface area (Å²) in [4.78, 5) is 2.66. The lowest BCUT2D eigenvalue weighted by Gasteiger charge is -1.84. The van der Waals surface area contributed by atoms with Gasteiger partial charge in [0.2, 0.25) is 0 Å². The SMILES string of the molecule is Cn1cc(C=CCCN=[N+]=[N-])cn1. The average Bonchev–Trinajstić information content (AvgIpc) is 2.51. The third-order valence-electron chi connectivity index (χ3n) is 1.49. The number of hydrogen-bond donors (Lipinski definition) is 0. The largest absolute Gasteiger partial charge is 0.275 e. The Morgan fingerprint density at radius 2 is 2.62 bits per heavy atom. The first kappa shape index (κ1) is 9.35. The predicted molar refractivity (Wildman–Crippen MR) is 50.9 cm³/mol. The summed E-state index contributed by atoms with van der Waals surface area (Å²) in [5.41, 5.74) is 9.07. The van der Waals surface area contributed by atoms with Gasteiger partial charge in [-0.3, -0.25) is 4.68 Å². The number of hydrogen-bond acceptors (Lipinski definition) is 2. The van der Waals surface area contributed by atoms with E-state index < -0.39 is 0 Å². The summed E-state index contributed by atoms with van der Waals surface area (Å²) in [6.45, 7) is 0.507. The van der Waals surface area contributed by atoms with Crippen LogP contribution in [0.2, 0.25) is 0 Å². The van der Waals surface area contributed by atoms with Gasteiger partial charge in [0.15, 0.2) is 0 Å². The normalized spacial score (nSPS) is 10.2. The quantitative estimate of drug-likeness (QED) is 0.300. The highest BCUT2D eigenvalue weighted by Crippen LogP contribution is 2.00. The Bertz CT molecular complexity index is 332. The van der Waals surface area contributed by atoms with Gasteiger partial charge in [0.05, 0.1) is 6.20 Å². The van der Waals surface area contributed by atoms with E-state index in [1.54, 1.807) is 10.9 Å². The Balaban J connectivity index is 2.36. The molecule has 0 unspecified atom stereocenters. The molecule has 0 saturated heterocycles. The third-order valence-corrected chi connectivity index (χ3v) is 1.49. The molecule has 5 heteroatoms. The minimum absolute atomic E-state index is 0.507. The van der Waals surface area contributed by atoms with Crippen molar-refractivity contribution in [1.82, 2.24) is 9.78 Å². The molecule has 0 N–H and O–H groups in total. The first-order chi connectivity index (χ1) is 6.33. The van der Waals surface area contributed by atoms with E-state index in [1.807, 2.05) is 25.4 Å². The van der Waals surface area contributed by atoms with Gasteiger partial charge in [0, 0.05) is 30.3 Å². The maximum Gasteiger partial charge on any atom is 0.0562 e. The topological polar surface area (TPSA) is 66.6 Å². The highest BCUT2D eigenvalue weighted by molar-refractivity contribution is 5.46. The van der Waals surface area contributed by atoms with Gasteiger partial charge in [-0.15, -0.1) is 0 Å². The molecule has 1 aromatic rings. The van der Waals surface area contributed by atoms with Crippen molar-refractivity contribution >= 4 is 6.08 Å². The van der Waals surface area contributed by atoms with Crippen LogP contribution in [0.5, 0.6) is 0 Å². The molecule has 0 spiro atoms. The van der Waals surface area contributed by atoms with Crippen LogP contribution in [0.25, 0.3) is 16.5 Å². The van der Waals surface area contributed by atoms with Crippen molar-refractivity contribution in [2.24, 2.45) is 12.2 Å². The van der Waals surface area contributed by atoms with Gasteiger partial charge < -0.3 is 0 Å². The van der Waals surface area contributed by atoms with Crippen LogP contribution in [0.1, 0.15) is 12.0 Å². The molecule has 0 aromatic carbocycles. The van der Waals surface area contributed by atoms with E-state index in [0.717, 1.165) is 12.0 Å². The molecule has 13 heavy (non-hydrogen) atoms. The van der Waals surface area contributed by atoms with Gasteiger partial charge in [-0.25, -0.2) is 0 Å². The van der Waals surface area contributed by atoms with E-state index in [-0.39, 0.29) is 0 Å². The van der Waals surface area contributed by atoms with Gasteiger partial charge >= 0.3 is 0 Å². The minimum Gasteiger partial charge on any atom is -0.275 e. The zero-order valence-electron chi connectivity index (χ0n) is 7.46. The molecule has 5 nitrogen and oxygen atoms in total. The molecule has 0 saturated carbocycles. The van der Waals surface area contributed by atoms with E-state index in [9.17, 15) is 0 Å². The summed E-state index contributed by atoms with van der Waals surface area (Å²) in [6.07, 6.45) is 8.39. The van der Waals surface area contributed by atoms with Crippen LogP contribution in [0, 0.1) is 0 Å². The number of azide groups is 1. The fourth-order valence-electron chi connectivity index (χ4n) is 0.923. The van der Waals surface area contributed by atoms with Crippen LogP contribution in [0.15, 0.2) is 23.6 Å². The molecule has 0 aliphatic rings. The molecule has 0 aliphatic carbocycles. The lowest BCUT2D eigenvalue weighted by Crippen LogP contribution is -1.83. The van der Waals surface area contributed by atoms with Crippen LogP contribution in [0.3, 0.4) is 0 Å². The van der Waals surface area contributed by atoms with Crippen LogP contribution < -0.4 is 0 Å². The van der Waals surface area contributed by atoms with Crippen LogP contribution in [-0.4, -0.2) is 16.3 Å². The fourth-order valence-corrected chi connectivity index (χ4v) is 0.923. The Morgan fingerprint density at radius 1 is 1.77 bits per heavy atom. The van der Waals surface area contributed by atoms with Crippen LogP contribution in [0.4, 0.5) is 0 Å². The Labute approximate surface area is 76.3 Å². The van der Waals surface area contributed by atoms with Crippen molar-refractivity contribution in [2.75, 3.05) is 6.54 Å². The molecule has 0 aliphatic heterocycles. The molecule has 0 atom stereocenters. The smallest absolute Gasteiger partial charge is 0.0562 e. The van der Waals surface area contributed by atoms with E-state index in [1.165, 1.54) is 0 Å². The average molecular weight is 177 g/mol. The minimum atomic E-state index is 0.507. The van der Waals surface area contributed by atoms with Crippen molar-refractivity contribution in [1.29, 1.82) is 0 Å². The second kappa shape index (κ2) is 5.00. The molecule has 0 fully saturated rings. The second-order valence-corrected chi connectivity index (χ2v) is 2.59. The zero-order valence-corrected chi connectivity index (χ0v) is 7.46. The number of rotatable bonds is 4. The van der Waals surface area contributed by atoms with Gasteiger partial charge in [-0.05, 0) is 12.0 Å². The van der Waals surface area contributed by atoms with Crippen molar-refractivity contribution in [3.63, 3.8) is 0 Å². The summed E-state index contributed by atoms with van der Waals surface area (Å²) in [5, 5.41) is 7.43. The zero-order chi connectivity index (χ0) is 9.52.